The van der Waals surface area contributed by atoms with E-state index in [0.717, 1.165) is 11.5 Å². The fourth-order valence-corrected chi connectivity index (χ4v) is 1.98. The van der Waals surface area contributed by atoms with Gasteiger partial charge in [-0.05, 0) is 29.7 Å². The topological polar surface area (TPSA) is 46.6 Å². The van der Waals surface area contributed by atoms with Crippen molar-refractivity contribution in [3.63, 3.8) is 0 Å². The molecule has 0 N–H and O–H groups in total. The van der Waals surface area contributed by atoms with Crippen LogP contribution in [0.15, 0.2) is 45.6 Å². The Morgan fingerprint density at radius 2 is 1.55 bits per heavy atom. The molecule has 20 heavy (non-hydrogen) atoms. The zero-order valence-electron chi connectivity index (χ0n) is 12.3. The maximum absolute atomic E-state index is 12.5. The fourth-order valence-electron chi connectivity index (χ4n) is 1.98. The maximum Gasteiger partial charge on any atom is 0.223 e. The number of amides is 1. The van der Waals surface area contributed by atoms with E-state index in [1.54, 1.807) is 17.4 Å². The molecule has 2 aromatic heterocycles. The van der Waals surface area contributed by atoms with E-state index >= 15 is 0 Å². The molecular weight excluding hydrogens is 254 g/mol. The Balaban J connectivity index is 2.08. The highest BCUT2D eigenvalue weighted by atomic mass is 16.3. The monoisotopic (exact) mass is 275 g/mol. The van der Waals surface area contributed by atoms with Gasteiger partial charge in [0.15, 0.2) is 0 Å². The van der Waals surface area contributed by atoms with E-state index in [4.69, 9.17) is 8.83 Å². The van der Waals surface area contributed by atoms with Crippen molar-refractivity contribution in [2.45, 2.75) is 40.3 Å². The minimum absolute atomic E-state index is 0.0400. The predicted molar refractivity (Wildman–Crippen MR) is 75.7 cm³/mol. The number of furan rings is 2. The molecular formula is C16H21NO3. The first-order chi connectivity index (χ1) is 9.44. The number of carbonyl (C=O) groups is 1. The van der Waals surface area contributed by atoms with Crippen molar-refractivity contribution >= 4 is 5.91 Å². The lowest BCUT2D eigenvalue weighted by Gasteiger charge is -2.25. The summed E-state index contributed by atoms with van der Waals surface area (Å²) >= 11 is 0. The summed E-state index contributed by atoms with van der Waals surface area (Å²) in [7, 11) is 0. The Bertz CT molecular complexity index is 484. The van der Waals surface area contributed by atoms with Gasteiger partial charge < -0.3 is 13.7 Å². The second kappa shape index (κ2) is 5.99. The van der Waals surface area contributed by atoms with Crippen LogP contribution >= 0.6 is 0 Å². The van der Waals surface area contributed by atoms with Crippen molar-refractivity contribution in [2.75, 3.05) is 0 Å². The van der Waals surface area contributed by atoms with Gasteiger partial charge in [-0.1, -0.05) is 20.8 Å². The largest absolute Gasteiger partial charge is 0.467 e. The quantitative estimate of drug-likeness (QED) is 0.833. The van der Waals surface area contributed by atoms with Crippen LogP contribution in [0, 0.1) is 5.41 Å². The first-order valence-electron chi connectivity index (χ1n) is 6.76. The van der Waals surface area contributed by atoms with Crippen molar-refractivity contribution < 1.29 is 13.6 Å². The summed E-state index contributed by atoms with van der Waals surface area (Å²) in [5.74, 6) is 1.66. The van der Waals surface area contributed by atoms with Crippen LogP contribution in [-0.2, 0) is 17.9 Å². The molecule has 0 radical (unpaired) electrons. The van der Waals surface area contributed by atoms with E-state index in [2.05, 4.69) is 20.8 Å². The van der Waals surface area contributed by atoms with E-state index in [-0.39, 0.29) is 11.3 Å². The van der Waals surface area contributed by atoms with Crippen LogP contribution in [0.1, 0.15) is 38.7 Å². The molecule has 2 rings (SSSR count). The van der Waals surface area contributed by atoms with Crippen LogP contribution in [0.25, 0.3) is 0 Å². The van der Waals surface area contributed by atoms with Gasteiger partial charge in [0.1, 0.15) is 11.5 Å². The molecule has 108 valence electrons. The molecule has 0 unspecified atom stereocenters. The predicted octanol–water partition coefficient (Wildman–Crippen LogP) is 3.84. The molecule has 0 bridgehead atoms. The molecule has 0 aliphatic carbocycles. The highest BCUT2D eigenvalue weighted by molar-refractivity contribution is 5.76. The van der Waals surface area contributed by atoms with Crippen LogP contribution in [-0.4, -0.2) is 10.8 Å². The molecule has 0 fully saturated rings. The Morgan fingerprint density at radius 3 is 1.90 bits per heavy atom. The minimum atomic E-state index is -0.0400. The molecule has 4 nitrogen and oxygen atoms in total. The van der Waals surface area contributed by atoms with E-state index in [9.17, 15) is 4.79 Å². The third kappa shape index (κ3) is 4.30. The lowest BCUT2D eigenvalue weighted by Crippen LogP contribution is -2.32. The first-order valence-corrected chi connectivity index (χ1v) is 6.76. The molecule has 0 aliphatic rings. The van der Waals surface area contributed by atoms with Gasteiger partial charge in [0.25, 0.3) is 0 Å². The SMILES string of the molecule is CC(C)(C)CC(=O)N(Cc1ccco1)Cc1ccco1. The van der Waals surface area contributed by atoms with Gasteiger partial charge in [-0.25, -0.2) is 0 Å². The lowest BCUT2D eigenvalue weighted by molar-refractivity contribution is -0.134. The van der Waals surface area contributed by atoms with Crippen LogP contribution < -0.4 is 0 Å². The summed E-state index contributed by atoms with van der Waals surface area (Å²) < 4.78 is 10.7. The van der Waals surface area contributed by atoms with E-state index < -0.39 is 0 Å². The normalized spacial score (nSPS) is 11.6. The second-order valence-electron chi connectivity index (χ2n) is 6.15. The Labute approximate surface area is 119 Å². The van der Waals surface area contributed by atoms with Gasteiger partial charge in [0.2, 0.25) is 5.91 Å². The fraction of sp³-hybridized carbons (Fsp3) is 0.438. The number of rotatable bonds is 5. The van der Waals surface area contributed by atoms with E-state index in [1.165, 1.54) is 0 Å². The standard InChI is InChI=1S/C16H21NO3/c1-16(2,3)10-15(18)17(11-13-6-4-8-19-13)12-14-7-5-9-20-14/h4-9H,10-12H2,1-3H3. The van der Waals surface area contributed by atoms with Gasteiger partial charge in [-0.3, -0.25) is 4.79 Å². The van der Waals surface area contributed by atoms with Crippen molar-refractivity contribution in [1.29, 1.82) is 0 Å². The second-order valence-corrected chi connectivity index (χ2v) is 6.15. The van der Waals surface area contributed by atoms with Crippen molar-refractivity contribution in [2.24, 2.45) is 5.41 Å². The van der Waals surface area contributed by atoms with Crippen LogP contribution in [0.5, 0.6) is 0 Å². The average molecular weight is 275 g/mol. The van der Waals surface area contributed by atoms with Gasteiger partial charge >= 0.3 is 0 Å². The van der Waals surface area contributed by atoms with Crippen LogP contribution in [0.3, 0.4) is 0 Å². The summed E-state index contributed by atoms with van der Waals surface area (Å²) in [6.07, 6.45) is 3.73. The molecule has 1 amide bonds. The molecule has 0 aromatic carbocycles. The summed E-state index contributed by atoms with van der Waals surface area (Å²) in [4.78, 5) is 14.2. The molecule has 0 spiro atoms. The van der Waals surface area contributed by atoms with Crippen molar-refractivity contribution in [3.8, 4) is 0 Å². The van der Waals surface area contributed by atoms with E-state index in [0.29, 0.717) is 19.5 Å². The zero-order chi connectivity index (χ0) is 14.6. The first kappa shape index (κ1) is 14.4. The summed E-state index contributed by atoms with van der Waals surface area (Å²) in [6, 6.07) is 7.41. The van der Waals surface area contributed by atoms with Crippen molar-refractivity contribution in [1.82, 2.24) is 4.90 Å². The minimum Gasteiger partial charge on any atom is -0.467 e. The Hall–Kier alpha value is -1.97. The third-order valence-corrected chi connectivity index (χ3v) is 2.89. The van der Waals surface area contributed by atoms with Crippen LogP contribution in [0.4, 0.5) is 0 Å². The Kier molecular flexibility index (Phi) is 4.32. The zero-order valence-corrected chi connectivity index (χ0v) is 12.3. The number of hydrogen-bond donors (Lipinski definition) is 0. The van der Waals surface area contributed by atoms with Gasteiger partial charge in [-0.2, -0.15) is 0 Å². The molecule has 2 heterocycles. The summed E-state index contributed by atoms with van der Waals surface area (Å²) in [6.45, 7) is 7.10. The number of carbonyl (C=O) groups excluding carboxylic acids is 1. The molecule has 2 aromatic rings. The summed E-state index contributed by atoms with van der Waals surface area (Å²) in [5.41, 5.74) is -0.0400. The summed E-state index contributed by atoms with van der Waals surface area (Å²) in [5, 5.41) is 0. The van der Waals surface area contributed by atoms with Gasteiger partial charge in [0.05, 0.1) is 25.6 Å². The molecule has 0 atom stereocenters. The molecule has 0 saturated carbocycles. The molecule has 0 aliphatic heterocycles. The average Bonchev–Trinajstić information content (AvgIpc) is 2.98. The molecule has 4 heteroatoms. The Morgan fingerprint density at radius 1 is 1.05 bits per heavy atom. The highest BCUT2D eigenvalue weighted by Gasteiger charge is 2.22. The van der Waals surface area contributed by atoms with Crippen molar-refractivity contribution in [3.05, 3.63) is 48.3 Å². The van der Waals surface area contributed by atoms with Gasteiger partial charge in [0, 0.05) is 6.42 Å². The van der Waals surface area contributed by atoms with E-state index in [1.807, 2.05) is 24.3 Å². The highest BCUT2D eigenvalue weighted by Crippen LogP contribution is 2.22. The third-order valence-electron chi connectivity index (χ3n) is 2.89. The maximum atomic E-state index is 12.5. The number of nitrogens with zero attached hydrogens (tertiary/aromatic N) is 1. The molecule has 0 saturated heterocycles. The van der Waals surface area contributed by atoms with Gasteiger partial charge in [-0.15, -0.1) is 0 Å². The number of hydrogen-bond acceptors (Lipinski definition) is 3. The smallest absolute Gasteiger partial charge is 0.223 e. The lowest BCUT2D eigenvalue weighted by atomic mass is 9.91. The van der Waals surface area contributed by atoms with Crippen LogP contribution in [0.2, 0.25) is 0 Å².